The van der Waals surface area contributed by atoms with Crippen LogP contribution >= 0.6 is 15.9 Å². The Morgan fingerprint density at radius 1 is 0.882 bits per heavy atom. The molecule has 0 aliphatic rings. The minimum absolute atomic E-state index is 0.501. The van der Waals surface area contributed by atoms with Crippen LogP contribution in [-0.4, -0.2) is 15.8 Å². The molecule has 0 saturated carbocycles. The summed E-state index contributed by atoms with van der Waals surface area (Å²) in [5.74, 6) is 0. The Balaban J connectivity index is 2.54. The number of hydrogen-bond acceptors (Lipinski definition) is 1. The fraction of sp³-hybridized carbons (Fsp3) is 0.143. The van der Waals surface area contributed by atoms with E-state index in [0.29, 0.717) is 5.33 Å². The number of halogens is 1. The average Bonchev–Trinajstić information content (AvgIpc) is 2.43. The van der Waals surface area contributed by atoms with E-state index in [4.69, 9.17) is 4.43 Å². The van der Waals surface area contributed by atoms with Crippen LogP contribution in [0.25, 0.3) is 0 Å². The average molecular weight is 304 g/mol. The molecule has 2 aromatic carbocycles. The Bertz CT molecular complexity index is 413. The van der Waals surface area contributed by atoms with Gasteiger partial charge in [-0.05, 0) is 11.1 Å². The molecule has 0 aliphatic carbocycles. The minimum atomic E-state index is -0.501. The number of alkyl halides is 1. The van der Waals surface area contributed by atoms with E-state index in [9.17, 15) is 0 Å². The quantitative estimate of drug-likeness (QED) is 0.621. The summed E-state index contributed by atoms with van der Waals surface area (Å²) in [7, 11) is 3.23. The molecule has 0 amide bonds. The van der Waals surface area contributed by atoms with Crippen LogP contribution in [0.2, 0.25) is 0 Å². The Morgan fingerprint density at radius 3 is 1.59 bits per heavy atom. The summed E-state index contributed by atoms with van der Waals surface area (Å²) in [5.41, 5.74) is 1.72. The topological polar surface area (TPSA) is 9.23 Å². The van der Waals surface area contributed by atoms with Crippen LogP contribution in [0.1, 0.15) is 11.1 Å². The van der Waals surface area contributed by atoms with Crippen LogP contribution in [0.15, 0.2) is 60.7 Å². The normalized spacial score (nSPS) is 11.4. The van der Waals surface area contributed by atoms with Gasteiger partial charge in [0.25, 0.3) is 0 Å². The van der Waals surface area contributed by atoms with Gasteiger partial charge in [-0.25, -0.2) is 0 Å². The third-order valence-corrected chi connectivity index (χ3v) is 3.98. The number of hydrogen-bond donors (Lipinski definition) is 0. The maximum atomic E-state index is 5.62. The molecule has 0 saturated heterocycles. The zero-order valence-corrected chi connectivity index (χ0v) is 11.9. The predicted molar refractivity (Wildman–Crippen MR) is 74.3 cm³/mol. The summed E-state index contributed by atoms with van der Waals surface area (Å²) in [5, 5.41) is 0.678. The largest absolute Gasteiger partial charge is 0.404 e. The fourth-order valence-electron chi connectivity index (χ4n) is 1.88. The van der Waals surface area contributed by atoms with Gasteiger partial charge in [0.2, 0.25) is 10.5 Å². The Morgan fingerprint density at radius 2 is 1.29 bits per heavy atom. The van der Waals surface area contributed by atoms with Gasteiger partial charge in [-0.2, -0.15) is 0 Å². The summed E-state index contributed by atoms with van der Waals surface area (Å²) in [6.07, 6.45) is 0. The van der Waals surface area contributed by atoms with Gasteiger partial charge in [0.15, 0.2) is 0 Å². The van der Waals surface area contributed by atoms with Crippen LogP contribution in [0.3, 0.4) is 0 Å². The molecule has 1 nitrogen and oxygen atoms in total. The molecule has 0 aromatic heterocycles. The van der Waals surface area contributed by atoms with Gasteiger partial charge in [-0.3, -0.25) is 0 Å². The van der Waals surface area contributed by atoms with Crippen molar-refractivity contribution in [3.63, 3.8) is 0 Å². The van der Waals surface area contributed by atoms with Gasteiger partial charge in [0, 0.05) is 5.33 Å². The van der Waals surface area contributed by atoms with Crippen molar-refractivity contribution in [3.05, 3.63) is 71.8 Å². The molecule has 0 aliphatic heterocycles. The van der Waals surface area contributed by atoms with Crippen molar-refractivity contribution in [3.8, 4) is 0 Å². The van der Waals surface area contributed by atoms with Crippen LogP contribution < -0.4 is 0 Å². The highest BCUT2D eigenvalue weighted by Crippen LogP contribution is 2.34. The van der Waals surface area contributed by atoms with Crippen LogP contribution in [0.5, 0.6) is 0 Å². The molecule has 0 N–H and O–H groups in total. The van der Waals surface area contributed by atoms with E-state index < -0.39 is 5.60 Å². The standard InChI is InChI=1S/C14H12BrOSi/c15-11-14(16-17,12-7-3-1-4-8-12)13-9-5-2-6-10-13/h1-10H,11H2. The first-order valence-electron chi connectivity index (χ1n) is 5.35. The highest BCUT2D eigenvalue weighted by atomic mass is 79.9. The second-order valence-electron chi connectivity index (χ2n) is 3.79. The number of benzene rings is 2. The first-order chi connectivity index (χ1) is 8.33. The first-order valence-corrected chi connectivity index (χ1v) is 6.88. The molecule has 0 fully saturated rings. The molecule has 3 heteroatoms. The van der Waals surface area contributed by atoms with E-state index in [-0.39, 0.29) is 0 Å². The molecule has 0 heterocycles. The van der Waals surface area contributed by atoms with Gasteiger partial charge >= 0.3 is 0 Å². The smallest absolute Gasteiger partial charge is 0.248 e. The Hall–Kier alpha value is -0.903. The second kappa shape index (κ2) is 5.62. The molecule has 0 atom stereocenters. The summed E-state index contributed by atoms with van der Waals surface area (Å²) in [6.45, 7) is 0. The van der Waals surface area contributed by atoms with Crippen LogP contribution in [0.4, 0.5) is 0 Å². The van der Waals surface area contributed by atoms with E-state index in [1.165, 1.54) is 0 Å². The van der Waals surface area contributed by atoms with Crippen molar-refractivity contribution >= 4 is 26.4 Å². The monoisotopic (exact) mass is 303 g/mol. The van der Waals surface area contributed by atoms with E-state index in [2.05, 4.69) is 50.7 Å². The molecule has 2 aromatic rings. The van der Waals surface area contributed by atoms with Crippen molar-refractivity contribution < 1.29 is 4.43 Å². The maximum absolute atomic E-state index is 5.62. The van der Waals surface area contributed by atoms with E-state index >= 15 is 0 Å². The maximum Gasteiger partial charge on any atom is 0.248 e. The zero-order chi connectivity index (χ0) is 12.1. The molecule has 0 bridgehead atoms. The van der Waals surface area contributed by atoms with E-state index in [1.54, 1.807) is 0 Å². The van der Waals surface area contributed by atoms with Crippen molar-refractivity contribution in [2.24, 2.45) is 0 Å². The lowest BCUT2D eigenvalue weighted by molar-refractivity contribution is 0.156. The summed E-state index contributed by atoms with van der Waals surface area (Å²) >= 11 is 3.55. The van der Waals surface area contributed by atoms with Gasteiger partial charge in [0.05, 0.1) is 0 Å². The molecule has 0 unspecified atom stereocenters. The lowest BCUT2D eigenvalue weighted by atomic mass is 9.88. The molecular formula is C14H12BrOSi. The zero-order valence-electron chi connectivity index (χ0n) is 9.27. The van der Waals surface area contributed by atoms with Crippen LogP contribution in [-0.2, 0) is 10.0 Å². The lowest BCUT2D eigenvalue weighted by Crippen LogP contribution is -2.32. The SMILES string of the molecule is [Si]OC(CBr)(c1ccccc1)c1ccccc1. The summed E-state index contributed by atoms with van der Waals surface area (Å²) in [4.78, 5) is 0. The Labute approximate surface area is 113 Å². The van der Waals surface area contributed by atoms with Gasteiger partial charge in [0.1, 0.15) is 5.60 Å². The van der Waals surface area contributed by atoms with Gasteiger partial charge < -0.3 is 4.43 Å². The van der Waals surface area contributed by atoms with Crippen LogP contribution in [0, 0.1) is 0 Å². The second-order valence-corrected chi connectivity index (χ2v) is 4.56. The van der Waals surface area contributed by atoms with Crippen molar-refractivity contribution in [1.29, 1.82) is 0 Å². The fourth-order valence-corrected chi connectivity index (χ4v) is 3.16. The third-order valence-electron chi connectivity index (χ3n) is 2.84. The third kappa shape index (κ3) is 2.36. The predicted octanol–water partition coefficient (Wildman–Crippen LogP) is 3.43. The molecular weight excluding hydrogens is 292 g/mol. The lowest BCUT2D eigenvalue weighted by Gasteiger charge is -2.32. The van der Waals surface area contributed by atoms with Crippen molar-refractivity contribution in [2.75, 3.05) is 5.33 Å². The molecule has 85 valence electrons. The van der Waals surface area contributed by atoms with E-state index in [0.717, 1.165) is 11.1 Å². The highest BCUT2D eigenvalue weighted by Gasteiger charge is 2.32. The van der Waals surface area contributed by atoms with Gasteiger partial charge in [-0.1, -0.05) is 76.6 Å². The van der Waals surface area contributed by atoms with Crippen molar-refractivity contribution in [2.45, 2.75) is 5.60 Å². The molecule has 0 spiro atoms. The summed E-state index contributed by atoms with van der Waals surface area (Å²) < 4.78 is 5.62. The molecule has 3 radical (unpaired) electrons. The number of rotatable bonds is 4. The van der Waals surface area contributed by atoms with Gasteiger partial charge in [-0.15, -0.1) is 0 Å². The minimum Gasteiger partial charge on any atom is -0.404 e. The molecule has 17 heavy (non-hydrogen) atoms. The molecule has 2 rings (SSSR count). The first kappa shape index (κ1) is 12.6. The highest BCUT2D eigenvalue weighted by molar-refractivity contribution is 9.09. The summed E-state index contributed by atoms with van der Waals surface area (Å²) in [6, 6.07) is 20.3. The van der Waals surface area contributed by atoms with Crippen molar-refractivity contribution in [1.82, 2.24) is 0 Å². The Kier molecular flexibility index (Phi) is 4.15. The van der Waals surface area contributed by atoms with E-state index in [1.807, 2.05) is 36.4 Å².